The molecule has 0 aliphatic heterocycles. The van der Waals surface area contributed by atoms with Gasteiger partial charge >= 0.3 is 0 Å². The van der Waals surface area contributed by atoms with Gasteiger partial charge in [-0.2, -0.15) is 0 Å². The van der Waals surface area contributed by atoms with E-state index < -0.39 is 0 Å². The van der Waals surface area contributed by atoms with Gasteiger partial charge < -0.3 is 0 Å². The van der Waals surface area contributed by atoms with E-state index in [9.17, 15) is 0 Å². The van der Waals surface area contributed by atoms with Crippen LogP contribution in [-0.4, -0.2) is 14.5 Å². The smallest absolute Gasteiger partial charge is 0.164 e. The zero-order valence-electron chi connectivity index (χ0n) is 9.35. The molecule has 3 nitrogen and oxygen atoms in total. The maximum absolute atomic E-state index is 5.97. The van der Waals surface area contributed by atoms with Crippen molar-refractivity contribution in [2.24, 2.45) is 0 Å². The van der Waals surface area contributed by atoms with Crippen molar-refractivity contribution in [3.05, 3.63) is 52.9 Å². The molecule has 0 N–H and O–H groups in total. The number of imidazole rings is 1. The third-order valence-corrected chi connectivity index (χ3v) is 3.40. The lowest BCUT2D eigenvalue weighted by molar-refractivity contribution is 0.969. The standard InChI is InChI=1S/C13H9BrClN3/c14-9-3-1-4-10(7-9)18-12(8-15)17-11-5-2-6-16-13(11)18/h1-7H,8H2. The number of alkyl halides is 1. The number of halogens is 2. The second-order valence-corrected chi connectivity index (χ2v) is 5.01. The molecular weight excluding hydrogens is 314 g/mol. The second-order valence-electron chi connectivity index (χ2n) is 3.82. The fraction of sp³-hybridized carbons (Fsp3) is 0.0769. The van der Waals surface area contributed by atoms with Crippen molar-refractivity contribution in [1.29, 1.82) is 0 Å². The van der Waals surface area contributed by atoms with Crippen LogP contribution in [0.4, 0.5) is 0 Å². The highest BCUT2D eigenvalue weighted by Crippen LogP contribution is 2.23. The minimum absolute atomic E-state index is 0.350. The van der Waals surface area contributed by atoms with E-state index in [1.165, 1.54) is 0 Å². The first kappa shape index (κ1) is 11.7. The van der Waals surface area contributed by atoms with Crippen LogP contribution in [0.5, 0.6) is 0 Å². The molecule has 2 aromatic heterocycles. The van der Waals surface area contributed by atoms with Crippen LogP contribution in [0, 0.1) is 0 Å². The molecule has 2 heterocycles. The van der Waals surface area contributed by atoms with Gasteiger partial charge in [0, 0.05) is 16.4 Å². The van der Waals surface area contributed by atoms with E-state index in [2.05, 4.69) is 25.9 Å². The van der Waals surface area contributed by atoms with Gasteiger partial charge in [-0.3, -0.25) is 4.57 Å². The molecule has 0 bridgehead atoms. The molecule has 3 aromatic rings. The molecule has 0 fully saturated rings. The van der Waals surface area contributed by atoms with Gasteiger partial charge in [0.25, 0.3) is 0 Å². The minimum atomic E-state index is 0.350. The Bertz CT molecular complexity index is 708. The van der Waals surface area contributed by atoms with Gasteiger partial charge in [0.05, 0.1) is 5.88 Å². The Morgan fingerprint density at radius 3 is 2.89 bits per heavy atom. The fourth-order valence-electron chi connectivity index (χ4n) is 1.94. The Kier molecular flexibility index (Phi) is 3.06. The normalized spacial score (nSPS) is 11.0. The fourth-order valence-corrected chi connectivity index (χ4v) is 2.50. The third-order valence-electron chi connectivity index (χ3n) is 2.67. The Morgan fingerprint density at radius 1 is 1.22 bits per heavy atom. The second kappa shape index (κ2) is 4.71. The molecular formula is C13H9BrClN3. The molecule has 90 valence electrons. The zero-order chi connectivity index (χ0) is 12.5. The third kappa shape index (κ3) is 1.91. The van der Waals surface area contributed by atoms with Gasteiger partial charge in [-0.25, -0.2) is 9.97 Å². The lowest BCUT2D eigenvalue weighted by Crippen LogP contribution is -2.00. The minimum Gasteiger partial charge on any atom is -0.280 e. The summed E-state index contributed by atoms with van der Waals surface area (Å²) in [4.78, 5) is 8.87. The molecule has 0 spiro atoms. The molecule has 0 radical (unpaired) electrons. The molecule has 1 aromatic carbocycles. The zero-order valence-corrected chi connectivity index (χ0v) is 11.7. The van der Waals surface area contributed by atoms with Crippen molar-refractivity contribution in [2.75, 3.05) is 0 Å². The summed E-state index contributed by atoms with van der Waals surface area (Å²) in [5.74, 6) is 1.14. The molecule has 0 amide bonds. The van der Waals surface area contributed by atoms with E-state index in [-0.39, 0.29) is 0 Å². The van der Waals surface area contributed by atoms with Crippen LogP contribution in [0.25, 0.3) is 16.9 Å². The topological polar surface area (TPSA) is 30.7 Å². The Balaban J connectivity index is 2.33. The van der Waals surface area contributed by atoms with Crippen LogP contribution in [-0.2, 0) is 5.88 Å². The van der Waals surface area contributed by atoms with Crippen molar-refractivity contribution >= 4 is 38.7 Å². The summed E-state index contributed by atoms with van der Waals surface area (Å²) in [6.45, 7) is 0. The van der Waals surface area contributed by atoms with Crippen LogP contribution < -0.4 is 0 Å². The van der Waals surface area contributed by atoms with E-state index >= 15 is 0 Å². The quantitative estimate of drug-likeness (QED) is 0.669. The monoisotopic (exact) mass is 321 g/mol. The maximum atomic E-state index is 5.97. The first-order valence-electron chi connectivity index (χ1n) is 5.44. The summed E-state index contributed by atoms with van der Waals surface area (Å²) < 4.78 is 2.99. The number of benzene rings is 1. The van der Waals surface area contributed by atoms with Crippen LogP contribution in [0.1, 0.15) is 5.82 Å². The Labute approximate surface area is 118 Å². The lowest BCUT2D eigenvalue weighted by atomic mass is 10.3. The van der Waals surface area contributed by atoms with Crippen molar-refractivity contribution in [3.63, 3.8) is 0 Å². The van der Waals surface area contributed by atoms with E-state index in [1.807, 2.05) is 41.0 Å². The highest BCUT2D eigenvalue weighted by molar-refractivity contribution is 9.10. The van der Waals surface area contributed by atoms with Crippen LogP contribution >= 0.6 is 27.5 Å². The van der Waals surface area contributed by atoms with Crippen LogP contribution in [0.3, 0.4) is 0 Å². The van der Waals surface area contributed by atoms with Gasteiger partial charge in [-0.15, -0.1) is 11.6 Å². The molecule has 18 heavy (non-hydrogen) atoms. The largest absolute Gasteiger partial charge is 0.280 e. The highest BCUT2D eigenvalue weighted by atomic mass is 79.9. The Morgan fingerprint density at radius 2 is 2.11 bits per heavy atom. The lowest BCUT2D eigenvalue weighted by Gasteiger charge is -2.07. The average molecular weight is 323 g/mol. The summed E-state index contributed by atoms with van der Waals surface area (Å²) in [7, 11) is 0. The number of aromatic nitrogens is 3. The number of nitrogens with zero attached hydrogens (tertiary/aromatic N) is 3. The van der Waals surface area contributed by atoms with Crippen molar-refractivity contribution in [2.45, 2.75) is 5.88 Å². The van der Waals surface area contributed by atoms with Crippen molar-refractivity contribution in [1.82, 2.24) is 14.5 Å². The predicted molar refractivity (Wildman–Crippen MR) is 76.1 cm³/mol. The first-order chi connectivity index (χ1) is 8.79. The van der Waals surface area contributed by atoms with Crippen molar-refractivity contribution in [3.8, 4) is 5.69 Å². The Hall–Kier alpha value is -1.39. The summed E-state index contributed by atoms with van der Waals surface area (Å²) in [5.41, 5.74) is 2.68. The summed E-state index contributed by atoms with van der Waals surface area (Å²) in [5, 5.41) is 0. The molecule has 0 unspecified atom stereocenters. The predicted octanol–water partition coefficient (Wildman–Crippen LogP) is 3.92. The molecule has 0 atom stereocenters. The number of fused-ring (bicyclic) bond motifs is 1. The number of pyridine rings is 1. The van der Waals surface area contributed by atoms with E-state index in [0.717, 1.165) is 27.1 Å². The van der Waals surface area contributed by atoms with Gasteiger partial charge in [0.1, 0.15) is 11.3 Å². The van der Waals surface area contributed by atoms with Gasteiger partial charge in [0.2, 0.25) is 0 Å². The summed E-state index contributed by atoms with van der Waals surface area (Å²) >= 11 is 9.44. The SMILES string of the molecule is ClCc1nc2cccnc2n1-c1cccc(Br)c1. The number of hydrogen-bond donors (Lipinski definition) is 0. The molecule has 0 saturated carbocycles. The maximum Gasteiger partial charge on any atom is 0.164 e. The van der Waals surface area contributed by atoms with Crippen LogP contribution in [0.15, 0.2) is 47.1 Å². The van der Waals surface area contributed by atoms with Gasteiger partial charge in [0.15, 0.2) is 5.65 Å². The molecule has 0 aliphatic carbocycles. The van der Waals surface area contributed by atoms with E-state index in [1.54, 1.807) is 6.20 Å². The van der Waals surface area contributed by atoms with Crippen LogP contribution in [0.2, 0.25) is 0 Å². The number of hydrogen-bond acceptors (Lipinski definition) is 2. The van der Waals surface area contributed by atoms with Gasteiger partial charge in [-0.1, -0.05) is 22.0 Å². The van der Waals surface area contributed by atoms with E-state index in [0.29, 0.717) is 5.88 Å². The number of rotatable bonds is 2. The van der Waals surface area contributed by atoms with Crippen molar-refractivity contribution < 1.29 is 0 Å². The first-order valence-corrected chi connectivity index (χ1v) is 6.76. The highest BCUT2D eigenvalue weighted by Gasteiger charge is 2.12. The summed E-state index contributed by atoms with van der Waals surface area (Å²) in [6, 6.07) is 11.8. The molecule has 0 aliphatic rings. The molecule has 5 heteroatoms. The average Bonchev–Trinajstić information content (AvgIpc) is 2.77. The molecule has 0 saturated heterocycles. The summed E-state index contributed by atoms with van der Waals surface area (Å²) in [6.07, 6.45) is 1.76. The van der Waals surface area contributed by atoms with Gasteiger partial charge in [-0.05, 0) is 30.3 Å². The van der Waals surface area contributed by atoms with E-state index in [4.69, 9.17) is 11.6 Å². The molecule has 3 rings (SSSR count).